The maximum atomic E-state index is 10.7. The van der Waals surface area contributed by atoms with E-state index < -0.39 is 4.92 Å². The van der Waals surface area contributed by atoms with Crippen molar-refractivity contribution in [3.8, 4) is 0 Å². The molecule has 2 aromatic rings. The zero-order valence-electron chi connectivity index (χ0n) is 13.3. The molecule has 0 radical (unpaired) electrons. The molecule has 5 nitrogen and oxygen atoms in total. The standard InChI is InChI=1S/C17H21N3O2/c1-11(2)14-5-7-15(8-6-14)13(4)19-17-12(3)9-16(10-18-17)20(21)22/h5-11,13H,1-4H3,(H,18,19). The minimum atomic E-state index is -0.433. The van der Waals surface area contributed by atoms with Crippen molar-refractivity contribution in [1.29, 1.82) is 0 Å². The van der Waals surface area contributed by atoms with Crippen LogP contribution in [-0.2, 0) is 0 Å². The van der Waals surface area contributed by atoms with Crippen molar-refractivity contribution in [1.82, 2.24) is 4.98 Å². The van der Waals surface area contributed by atoms with E-state index in [0.717, 1.165) is 11.1 Å². The molecule has 1 unspecified atom stereocenters. The first-order valence-corrected chi connectivity index (χ1v) is 7.36. The second kappa shape index (κ2) is 6.56. The molecular formula is C17H21N3O2. The van der Waals surface area contributed by atoms with Gasteiger partial charge in [0.25, 0.3) is 5.69 Å². The third kappa shape index (κ3) is 3.61. The Labute approximate surface area is 130 Å². The topological polar surface area (TPSA) is 68.1 Å². The summed E-state index contributed by atoms with van der Waals surface area (Å²) in [5.74, 6) is 1.18. The Kier molecular flexibility index (Phi) is 4.75. The predicted molar refractivity (Wildman–Crippen MR) is 88.2 cm³/mol. The summed E-state index contributed by atoms with van der Waals surface area (Å²) in [6, 6.07) is 10.1. The van der Waals surface area contributed by atoms with E-state index in [1.165, 1.54) is 17.8 Å². The number of nitro groups is 1. The molecule has 0 aliphatic rings. The highest BCUT2D eigenvalue weighted by molar-refractivity contribution is 5.49. The molecule has 116 valence electrons. The lowest BCUT2D eigenvalue weighted by Gasteiger charge is -2.17. The Morgan fingerprint density at radius 2 is 1.73 bits per heavy atom. The molecule has 1 aromatic heterocycles. The van der Waals surface area contributed by atoms with Crippen LogP contribution in [0.2, 0.25) is 0 Å². The Morgan fingerprint density at radius 3 is 2.23 bits per heavy atom. The smallest absolute Gasteiger partial charge is 0.287 e. The average Bonchev–Trinajstić information content (AvgIpc) is 2.49. The number of hydrogen-bond acceptors (Lipinski definition) is 4. The predicted octanol–water partition coefficient (Wildman–Crippen LogP) is 4.59. The Hall–Kier alpha value is -2.43. The lowest BCUT2D eigenvalue weighted by Crippen LogP contribution is -2.09. The van der Waals surface area contributed by atoms with Gasteiger partial charge in [-0.3, -0.25) is 10.1 Å². The number of nitrogens with one attached hydrogen (secondary N) is 1. The minimum Gasteiger partial charge on any atom is -0.363 e. The molecule has 0 saturated carbocycles. The summed E-state index contributed by atoms with van der Waals surface area (Å²) < 4.78 is 0. The molecule has 2 rings (SSSR count). The fourth-order valence-corrected chi connectivity index (χ4v) is 2.27. The van der Waals surface area contributed by atoms with Gasteiger partial charge in [0.2, 0.25) is 0 Å². The molecule has 0 bridgehead atoms. The molecule has 22 heavy (non-hydrogen) atoms. The van der Waals surface area contributed by atoms with Crippen molar-refractivity contribution in [2.45, 2.75) is 39.7 Å². The third-order valence-corrected chi connectivity index (χ3v) is 3.73. The van der Waals surface area contributed by atoms with E-state index >= 15 is 0 Å². The van der Waals surface area contributed by atoms with Gasteiger partial charge in [0.15, 0.2) is 0 Å². The van der Waals surface area contributed by atoms with Crippen LogP contribution in [0, 0.1) is 17.0 Å². The zero-order valence-corrected chi connectivity index (χ0v) is 13.3. The van der Waals surface area contributed by atoms with Gasteiger partial charge in [-0.05, 0) is 36.5 Å². The van der Waals surface area contributed by atoms with Crippen molar-refractivity contribution >= 4 is 11.5 Å². The van der Waals surface area contributed by atoms with Crippen LogP contribution in [0.1, 0.15) is 49.4 Å². The van der Waals surface area contributed by atoms with E-state index in [4.69, 9.17) is 0 Å². The second-order valence-electron chi connectivity index (χ2n) is 5.80. The van der Waals surface area contributed by atoms with Crippen LogP contribution in [0.5, 0.6) is 0 Å². The third-order valence-electron chi connectivity index (χ3n) is 3.73. The van der Waals surface area contributed by atoms with E-state index in [0.29, 0.717) is 11.7 Å². The van der Waals surface area contributed by atoms with Gasteiger partial charge < -0.3 is 5.32 Å². The summed E-state index contributed by atoms with van der Waals surface area (Å²) in [4.78, 5) is 14.5. The number of aryl methyl sites for hydroxylation is 1. The summed E-state index contributed by atoms with van der Waals surface area (Å²) >= 11 is 0. The molecular weight excluding hydrogens is 278 g/mol. The van der Waals surface area contributed by atoms with Crippen molar-refractivity contribution in [2.75, 3.05) is 5.32 Å². The highest BCUT2D eigenvalue weighted by atomic mass is 16.6. The monoisotopic (exact) mass is 299 g/mol. The van der Waals surface area contributed by atoms with Crippen LogP contribution < -0.4 is 5.32 Å². The van der Waals surface area contributed by atoms with Crippen LogP contribution in [0.3, 0.4) is 0 Å². The quantitative estimate of drug-likeness (QED) is 0.647. The lowest BCUT2D eigenvalue weighted by molar-refractivity contribution is -0.385. The number of anilines is 1. The van der Waals surface area contributed by atoms with Crippen LogP contribution in [0.25, 0.3) is 0 Å². The normalized spacial score (nSPS) is 12.2. The van der Waals surface area contributed by atoms with Gasteiger partial charge in [-0.1, -0.05) is 38.1 Å². The maximum absolute atomic E-state index is 10.7. The largest absolute Gasteiger partial charge is 0.363 e. The SMILES string of the molecule is Cc1cc([N+](=O)[O-])cnc1NC(C)c1ccc(C(C)C)cc1. The summed E-state index contributed by atoms with van der Waals surface area (Å²) in [7, 11) is 0. The fraction of sp³-hybridized carbons (Fsp3) is 0.353. The molecule has 0 saturated heterocycles. The molecule has 1 atom stereocenters. The number of rotatable bonds is 5. The Balaban J connectivity index is 2.14. The van der Waals surface area contributed by atoms with Crippen molar-refractivity contribution in [3.63, 3.8) is 0 Å². The maximum Gasteiger partial charge on any atom is 0.287 e. The molecule has 5 heteroatoms. The van der Waals surface area contributed by atoms with Gasteiger partial charge in [0, 0.05) is 12.1 Å². The number of aromatic nitrogens is 1. The molecule has 0 spiro atoms. The Bertz CT molecular complexity index is 666. The zero-order chi connectivity index (χ0) is 16.3. The molecule has 0 amide bonds. The molecule has 1 N–H and O–H groups in total. The Morgan fingerprint density at radius 1 is 1.14 bits per heavy atom. The van der Waals surface area contributed by atoms with Gasteiger partial charge in [-0.25, -0.2) is 4.98 Å². The van der Waals surface area contributed by atoms with E-state index in [2.05, 4.69) is 48.4 Å². The van der Waals surface area contributed by atoms with E-state index in [-0.39, 0.29) is 11.7 Å². The van der Waals surface area contributed by atoms with Crippen LogP contribution in [0.4, 0.5) is 11.5 Å². The molecule has 0 aliphatic carbocycles. The van der Waals surface area contributed by atoms with E-state index in [9.17, 15) is 10.1 Å². The van der Waals surface area contributed by atoms with Gasteiger partial charge in [-0.15, -0.1) is 0 Å². The van der Waals surface area contributed by atoms with Gasteiger partial charge in [0.05, 0.1) is 4.92 Å². The van der Waals surface area contributed by atoms with Crippen molar-refractivity contribution in [2.24, 2.45) is 0 Å². The van der Waals surface area contributed by atoms with Crippen LogP contribution in [0.15, 0.2) is 36.5 Å². The van der Waals surface area contributed by atoms with Crippen molar-refractivity contribution < 1.29 is 4.92 Å². The number of nitrogens with zero attached hydrogens (tertiary/aromatic N) is 2. The van der Waals surface area contributed by atoms with Crippen molar-refractivity contribution in [3.05, 3.63) is 63.3 Å². The summed E-state index contributed by atoms with van der Waals surface area (Å²) in [6.45, 7) is 8.20. The lowest BCUT2D eigenvalue weighted by atomic mass is 9.99. The van der Waals surface area contributed by atoms with Crippen LogP contribution >= 0.6 is 0 Å². The number of hydrogen-bond donors (Lipinski definition) is 1. The highest BCUT2D eigenvalue weighted by Gasteiger charge is 2.12. The first-order valence-electron chi connectivity index (χ1n) is 7.36. The van der Waals surface area contributed by atoms with E-state index in [1.54, 1.807) is 0 Å². The van der Waals surface area contributed by atoms with Gasteiger partial charge in [0.1, 0.15) is 12.0 Å². The molecule has 0 aliphatic heterocycles. The first kappa shape index (κ1) is 15.9. The summed E-state index contributed by atoms with van der Waals surface area (Å²) in [5, 5.41) is 14.0. The van der Waals surface area contributed by atoms with E-state index in [1.807, 2.05) is 13.8 Å². The number of benzene rings is 1. The molecule has 1 heterocycles. The average molecular weight is 299 g/mol. The highest BCUT2D eigenvalue weighted by Crippen LogP contribution is 2.24. The van der Waals surface area contributed by atoms with Crippen LogP contribution in [-0.4, -0.2) is 9.91 Å². The molecule has 1 aromatic carbocycles. The summed E-state index contributed by atoms with van der Waals surface area (Å²) in [5.41, 5.74) is 3.24. The summed E-state index contributed by atoms with van der Waals surface area (Å²) in [6.07, 6.45) is 1.28. The molecule has 0 fully saturated rings. The van der Waals surface area contributed by atoms with Gasteiger partial charge >= 0.3 is 0 Å². The minimum absolute atomic E-state index is 0.0111. The van der Waals surface area contributed by atoms with Gasteiger partial charge in [-0.2, -0.15) is 0 Å². The fourth-order valence-electron chi connectivity index (χ4n) is 2.27. The first-order chi connectivity index (χ1) is 10.4. The number of pyridine rings is 1. The second-order valence-corrected chi connectivity index (χ2v) is 5.80.